The lowest BCUT2D eigenvalue weighted by Gasteiger charge is -2.33. The first kappa shape index (κ1) is 23.9. The molecule has 3 aromatic rings. The highest BCUT2D eigenvalue weighted by atomic mass is 35.5. The van der Waals surface area contributed by atoms with E-state index in [2.05, 4.69) is 0 Å². The standard InChI is InChI=1S/C25H22ClNO6S/c1-15(28)32-20-10-6-4-8-18(20)24(29)33-22-13-16-14-27(12-11-21(16)34-22)23(25(30)31-2)17-7-3-5-9-19(17)26/h3-10,13,23H,11-12,14H2,1-2H3/t23-/m0/s1. The van der Waals surface area contributed by atoms with Gasteiger partial charge in [0.25, 0.3) is 0 Å². The van der Waals surface area contributed by atoms with Crippen molar-refractivity contribution in [3.63, 3.8) is 0 Å². The average molecular weight is 500 g/mol. The molecule has 0 saturated heterocycles. The van der Waals surface area contributed by atoms with Crippen LogP contribution in [-0.2, 0) is 27.3 Å². The summed E-state index contributed by atoms with van der Waals surface area (Å²) in [4.78, 5) is 39.8. The summed E-state index contributed by atoms with van der Waals surface area (Å²) in [6.07, 6.45) is 0.680. The van der Waals surface area contributed by atoms with Crippen molar-refractivity contribution in [1.29, 1.82) is 0 Å². The number of esters is 3. The van der Waals surface area contributed by atoms with E-state index in [1.807, 2.05) is 23.1 Å². The molecule has 9 heteroatoms. The molecule has 1 aromatic heterocycles. The smallest absolute Gasteiger partial charge is 0.348 e. The van der Waals surface area contributed by atoms with E-state index in [9.17, 15) is 14.4 Å². The van der Waals surface area contributed by atoms with Crippen molar-refractivity contribution < 1.29 is 28.6 Å². The molecular formula is C25H22ClNO6S. The Hall–Kier alpha value is -3.20. The van der Waals surface area contributed by atoms with Gasteiger partial charge in [-0.05, 0) is 41.8 Å². The van der Waals surface area contributed by atoms with Gasteiger partial charge in [0.15, 0.2) is 5.06 Å². The van der Waals surface area contributed by atoms with E-state index in [0.29, 0.717) is 35.2 Å². The molecule has 176 valence electrons. The van der Waals surface area contributed by atoms with Gasteiger partial charge in [0.1, 0.15) is 17.4 Å². The fourth-order valence-electron chi connectivity index (χ4n) is 3.90. The molecule has 0 bridgehead atoms. The van der Waals surface area contributed by atoms with Crippen LogP contribution < -0.4 is 9.47 Å². The Morgan fingerprint density at radius 1 is 1.06 bits per heavy atom. The number of nitrogens with zero attached hydrogens (tertiary/aromatic N) is 1. The third-order valence-corrected chi connectivity index (χ3v) is 6.88. The molecule has 0 radical (unpaired) electrons. The Bertz CT molecular complexity index is 1240. The first-order valence-corrected chi connectivity index (χ1v) is 11.7. The molecule has 0 unspecified atom stereocenters. The number of halogens is 1. The maximum Gasteiger partial charge on any atom is 0.348 e. The van der Waals surface area contributed by atoms with Crippen LogP contribution in [0.15, 0.2) is 54.6 Å². The average Bonchev–Trinajstić information content (AvgIpc) is 3.21. The molecule has 1 atom stereocenters. The Morgan fingerprint density at radius 3 is 2.53 bits per heavy atom. The van der Waals surface area contributed by atoms with Gasteiger partial charge in [-0.2, -0.15) is 0 Å². The molecule has 1 aliphatic heterocycles. The van der Waals surface area contributed by atoms with Gasteiger partial charge in [0.2, 0.25) is 0 Å². The van der Waals surface area contributed by atoms with E-state index >= 15 is 0 Å². The number of para-hydroxylation sites is 1. The van der Waals surface area contributed by atoms with Crippen molar-refractivity contribution >= 4 is 40.8 Å². The highest BCUT2D eigenvalue weighted by molar-refractivity contribution is 7.14. The minimum Gasteiger partial charge on any atom is -0.468 e. The summed E-state index contributed by atoms with van der Waals surface area (Å²) in [5.41, 5.74) is 1.81. The number of methoxy groups -OCH3 is 1. The predicted molar refractivity (Wildman–Crippen MR) is 127 cm³/mol. The molecule has 2 aromatic carbocycles. The minimum atomic E-state index is -0.645. The lowest BCUT2D eigenvalue weighted by molar-refractivity contribution is -0.147. The zero-order valence-electron chi connectivity index (χ0n) is 18.6. The normalized spacial score (nSPS) is 14.1. The Balaban J connectivity index is 1.54. The van der Waals surface area contributed by atoms with Gasteiger partial charge in [-0.15, -0.1) is 11.3 Å². The van der Waals surface area contributed by atoms with E-state index in [-0.39, 0.29) is 17.3 Å². The number of benzene rings is 2. The van der Waals surface area contributed by atoms with Crippen LogP contribution in [0.1, 0.15) is 39.3 Å². The number of hydrogen-bond donors (Lipinski definition) is 0. The first-order valence-electron chi connectivity index (χ1n) is 10.5. The molecule has 0 aliphatic carbocycles. The van der Waals surface area contributed by atoms with Gasteiger partial charge in [-0.1, -0.05) is 41.9 Å². The second-order valence-electron chi connectivity index (χ2n) is 7.66. The Labute approximate surface area is 205 Å². The van der Waals surface area contributed by atoms with Gasteiger partial charge in [0, 0.05) is 29.9 Å². The Kier molecular flexibility index (Phi) is 7.31. The van der Waals surface area contributed by atoms with Gasteiger partial charge < -0.3 is 14.2 Å². The maximum atomic E-state index is 12.8. The number of thiophene rings is 1. The molecule has 0 spiro atoms. The topological polar surface area (TPSA) is 82.1 Å². The number of carbonyl (C=O) groups excluding carboxylic acids is 3. The fraction of sp³-hybridized carbons (Fsp3) is 0.240. The number of hydrogen-bond acceptors (Lipinski definition) is 8. The number of rotatable bonds is 6. The predicted octanol–water partition coefficient (Wildman–Crippen LogP) is 4.82. The van der Waals surface area contributed by atoms with Crippen molar-refractivity contribution in [2.24, 2.45) is 0 Å². The summed E-state index contributed by atoms with van der Waals surface area (Å²) in [5, 5.41) is 0.928. The monoisotopic (exact) mass is 499 g/mol. The van der Waals surface area contributed by atoms with Crippen LogP contribution in [0, 0.1) is 0 Å². The van der Waals surface area contributed by atoms with Crippen molar-refractivity contribution in [2.75, 3.05) is 13.7 Å². The molecule has 4 rings (SSSR count). The first-order chi connectivity index (χ1) is 16.4. The van der Waals surface area contributed by atoms with Crippen LogP contribution >= 0.6 is 22.9 Å². The highest BCUT2D eigenvalue weighted by Crippen LogP contribution is 2.38. The Morgan fingerprint density at radius 2 is 1.79 bits per heavy atom. The fourth-order valence-corrected chi connectivity index (χ4v) is 5.15. The van der Waals surface area contributed by atoms with Gasteiger partial charge >= 0.3 is 17.9 Å². The van der Waals surface area contributed by atoms with E-state index in [0.717, 1.165) is 10.4 Å². The lowest BCUT2D eigenvalue weighted by Crippen LogP contribution is -2.38. The molecule has 2 heterocycles. The van der Waals surface area contributed by atoms with Crippen LogP contribution in [0.3, 0.4) is 0 Å². The van der Waals surface area contributed by atoms with Crippen LogP contribution in [0.2, 0.25) is 5.02 Å². The number of ether oxygens (including phenoxy) is 3. The summed E-state index contributed by atoms with van der Waals surface area (Å²) in [7, 11) is 1.36. The second kappa shape index (κ2) is 10.4. The highest BCUT2D eigenvalue weighted by Gasteiger charge is 2.33. The summed E-state index contributed by atoms with van der Waals surface area (Å²) in [5.74, 6) is -1.38. The molecule has 0 N–H and O–H groups in total. The van der Waals surface area contributed by atoms with E-state index < -0.39 is 18.0 Å². The van der Waals surface area contributed by atoms with E-state index in [4.69, 9.17) is 25.8 Å². The summed E-state index contributed by atoms with van der Waals surface area (Å²) < 4.78 is 15.8. The van der Waals surface area contributed by atoms with Gasteiger partial charge in [-0.25, -0.2) is 9.59 Å². The molecule has 1 aliphatic rings. The van der Waals surface area contributed by atoms with E-state index in [1.165, 1.54) is 31.4 Å². The van der Waals surface area contributed by atoms with Crippen molar-refractivity contribution in [1.82, 2.24) is 4.90 Å². The summed E-state index contributed by atoms with van der Waals surface area (Å²) in [6.45, 7) is 2.35. The quantitative estimate of drug-likeness (QED) is 0.355. The zero-order valence-corrected chi connectivity index (χ0v) is 20.2. The maximum absolute atomic E-state index is 12.8. The molecule has 0 amide bonds. The van der Waals surface area contributed by atoms with E-state index in [1.54, 1.807) is 30.3 Å². The molecular weight excluding hydrogens is 478 g/mol. The minimum absolute atomic E-state index is 0.146. The van der Waals surface area contributed by atoms with Crippen molar-refractivity contribution in [2.45, 2.75) is 25.9 Å². The lowest BCUT2D eigenvalue weighted by atomic mass is 10.0. The third-order valence-electron chi connectivity index (χ3n) is 5.42. The molecule has 34 heavy (non-hydrogen) atoms. The second-order valence-corrected chi connectivity index (χ2v) is 9.17. The zero-order chi connectivity index (χ0) is 24.2. The summed E-state index contributed by atoms with van der Waals surface area (Å²) >= 11 is 7.77. The van der Waals surface area contributed by atoms with Gasteiger partial charge in [-0.3, -0.25) is 9.69 Å². The van der Waals surface area contributed by atoms with Crippen molar-refractivity contribution in [3.8, 4) is 10.8 Å². The summed E-state index contributed by atoms with van der Waals surface area (Å²) in [6, 6.07) is 14.8. The van der Waals surface area contributed by atoms with Crippen LogP contribution in [-0.4, -0.2) is 36.5 Å². The van der Waals surface area contributed by atoms with Crippen LogP contribution in [0.5, 0.6) is 10.8 Å². The van der Waals surface area contributed by atoms with Gasteiger partial charge in [0.05, 0.1) is 7.11 Å². The van der Waals surface area contributed by atoms with Crippen LogP contribution in [0.4, 0.5) is 0 Å². The molecule has 7 nitrogen and oxygen atoms in total. The SMILES string of the molecule is COC(=O)[C@H](c1ccccc1Cl)N1CCc2sc(OC(=O)c3ccccc3OC(C)=O)cc2C1. The molecule has 0 fully saturated rings. The molecule has 0 saturated carbocycles. The largest absolute Gasteiger partial charge is 0.468 e. The third kappa shape index (κ3) is 5.14. The number of fused-ring (bicyclic) bond motifs is 1. The number of carbonyl (C=O) groups is 3. The van der Waals surface area contributed by atoms with Crippen LogP contribution in [0.25, 0.3) is 0 Å². The van der Waals surface area contributed by atoms with Crippen molar-refractivity contribution in [3.05, 3.63) is 81.2 Å².